The van der Waals surface area contributed by atoms with Crippen LogP contribution < -0.4 is 0 Å². The van der Waals surface area contributed by atoms with Gasteiger partial charge in [-0.2, -0.15) is 0 Å². The van der Waals surface area contributed by atoms with Gasteiger partial charge in [0.15, 0.2) is 12.4 Å². The second-order valence-corrected chi connectivity index (χ2v) is 16.9. The predicted molar refractivity (Wildman–Crippen MR) is 238 cm³/mol. The molecule has 346 valence electrons. The number of unbranched alkanes of at least 4 members (excludes halogenated alkanes) is 26. The van der Waals surface area contributed by atoms with Crippen LogP contribution in [0.2, 0.25) is 0 Å². The minimum absolute atomic E-state index is 0.149. The van der Waals surface area contributed by atoms with Crippen LogP contribution in [-0.2, 0) is 28.5 Å². The van der Waals surface area contributed by atoms with Crippen LogP contribution in [0, 0.1) is 0 Å². The molecule has 1 rings (SSSR count). The molecule has 2 unspecified atom stereocenters. The number of aliphatic hydroxyl groups is 4. The quantitative estimate of drug-likeness (QED) is 0.0266. The zero-order chi connectivity index (χ0) is 43.0. The molecule has 1 saturated heterocycles. The van der Waals surface area contributed by atoms with Gasteiger partial charge in [0.2, 0.25) is 0 Å². The van der Waals surface area contributed by atoms with Crippen LogP contribution in [0.15, 0.2) is 24.3 Å². The van der Waals surface area contributed by atoms with Crippen LogP contribution in [-0.4, -0.2) is 89.0 Å². The molecule has 0 aromatic carbocycles. The van der Waals surface area contributed by atoms with Crippen molar-refractivity contribution in [1.82, 2.24) is 0 Å². The number of carbonyl (C=O) groups excluding carboxylic acids is 2. The van der Waals surface area contributed by atoms with E-state index in [1.54, 1.807) is 0 Å². The highest BCUT2D eigenvalue weighted by Gasteiger charge is 2.44. The number of hydrogen-bond acceptors (Lipinski definition) is 10. The number of ether oxygens (including phenoxy) is 4. The maximum atomic E-state index is 12.8. The third-order valence-corrected chi connectivity index (χ3v) is 11.3. The van der Waals surface area contributed by atoms with Crippen molar-refractivity contribution >= 4 is 11.9 Å². The van der Waals surface area contributed by atoms with Crippen molar-refractivity contribution in [2.24, 2.45) is 0 Å². The third kappa shape index (κ3) is 31.7. The summed E-state index contributed by atoms with van der Waals surface area (Å²) in [7, 11) is 0. The second-order valence-electron chi connectivity index (χ2n) is 16.9. The molecule has 1 aliphatic rings. The smallest absolute Gasteiger partial charge is 0.306 e. The topological polar surface area (TPSA) is 152 Å². The van der Waals surface area contributed by atoms with Gasteiger partial charge in [-0.15, -0.1) is 0 Å². The molecule has 0 aromatic rings. The molecule has 4 N–H and O–H groups in total. The van der Waals surface area contributed by atoms with E-state index >= 15 is 0 Å². The largest absolute Gasteiger partial charge is 0.462 e. The molecule has 0 spiro atoms. The summed E-state index contributed by atoms with van der Waals surface area (Å²) in [6.45, 7) is 3.40. The lowest BCUT2D eigenvalue weighted by molar-refractivity contribution is -0.305. The molecule has 0 saturated carbocycles. The summed E-state index contributed by atoms with van der Waals surface area (Å²) in [5, 5.41) is 40.1. The van der Waals surface area contributed by atoms with Crippen molar-refractivity contribution in [3.05, 3.63) is 24.3 Å². The van der Waals surface area contributed by atoms with Gasteiger partial charge >= 0.3 is 11.9 Å². The third-order valence-electron chi connectivity index (χ3n) is 11.3. The van der Waals surface area contributed by atoms with Gasteiger partial charge in [0.25, 0.3) is 0 Å². The van der Waals surface area contributed by atoms with E-state index in [0.717, 1.165) is 38.5 Å². The molecule has 0 aliphatic carbocycles. The summed E-state index contributed by atoms with van der Waals surface area (Å²) < 4.78 is 22.2. The highest BCUT2D eigenvalue weighted by Crippen LogP contribution is 2.23. The van der Waals surface area contributed by atoms with Crippen molar-refractivity contribution in [3.63, 3.8) is 0 Å². The van der Waals surface area contributed by atoms with Gasteiger partial charge in [0.05, 0.1) is 13.2 Å². The number of esters is 2. The summed E-state index contributed by atoms with van der Waals surface area (Å²) in [4.78, 5) is 25.4. The first-order valence-corrected chi connectivity index (χ1v) is 24.4. The maximum Gasteiger partial charge on any atom is 0.306 e. The molecular weight excluding hydrogens is 749 g/mol. The summed E-state index contributed by atoms with van der Waals surface area (Å²) in [6, 6.07) is 0. The van der Waals surface area contributed by atoms with Crippen LogP contribution in [0.25, 0.3) is 0 Å². The Morgan fingerprint density at radius 2 is 0.932 bits per heavy atom. The van der Waals surface area contributed by atoms with Gasteiger partial charge < -0.3 is 39.4 Å². The fraction of sp³-hybridized carbons (Fsp3) is 0.878. The number of aliphatic hydroxyl groups excluding tert-OH is 4. The second kappa shape index (κ2) is 40.3. The van der Waals surface area contributed by atoms with E-state index in [2.05, 4.69) is 32.1 Å². The molecule has 59 heavy (non-hydrogen) atoms. The maximum absolute atomic E-state index is 12.8. The van der Waals surface area contributed by atoms with Gasteiger partial charge in [-0.3, -0.25) is 9.59 Å². The van der Waals surface area contributed by atoms with Crippen molar-refractivity contribution in [1.29, 1.82) is 0 Å². The van der Waals surface area contributed by atoms with Gasteiger partial charge in [-0.25, -0.2) is 0 Å². The van der Waals surface area contributed by atoms with E-state index in [1.807, 2.05) is 6.08 Å². The molecule has 0 bridgehead atoms. The van der Waals surface area contributed by atoms with E-state index in [-0.39, 0.29) is 32.0 Å². The SMILES string of the molecule is CCCCCCCC/C=C/CCCCCCCCCCCC(=O)OC[C@@H](CO[C@H]1O[C@@H](CO)[C@@H](O)C(O)C1O)OC(=O)CC/C=C/CCCCCCCCCCCCC. The lowest BCUT2D eigenvalue weighted by atomic mass is 9.99. The van der Waals surface area contributed by atoms with E-state index in [0.29, 0.717) is 6.42 Å². The average molecular weight is 839 g/mol. The Labute approximate surface area is 360 Å². The van der Waals surface area contributed by atoms with E-state index in [9.17, 15) is 30.0 Å². The Morgan fingerprint density at radius 1 is 0.508 bits per heavy atom. The van der Waals surface area contributed by atoms with Crippen molar-refractivity contribution in [2.45, 2.75) is 256 Å². The minimum atomic E-state index is -1.60. The summed E-state index contributed by atoms with van der Waals surface area (Å²) in [5.74, 6) is -0.858. The number of allylic oxidation sites excluding steroid dienone is 4. The molecule has 0 amide bonds. The Kier molecular flexibility index (Phi) is 37.7. The molecule has 6 atom stereocenters. The first-order valence-electron chi connectivity index (χ1n) is 24.4. The summed E-state index contributed by atoms with van der Waals surface area (Å²) in [5.41, 5.74) is 0. The van der Waals surface area contributed by atoms with Crippen LogP contribution in [0.3, 0.4) is 0 Å². The fourth-order valence-corrected chi connectivity index (χ4v) is 7.44. The highest BCUT2D eigenvalue weighted by molar-refractivity contribution is 5.70. The zero-order valence-corrected chi connectivity index (χ0v) is 37.8. The molecule has 10 nitrogen and oxygen atoms in total. The van der Waals surface area contributed by atoms with Gasteiger partial charge in [0, 0.05) is 12.8 Å². The summed E-state index contributed by atoms with van der Waals surface area (Å²) >= 11 is 0. The molecule has 10 heteroatoms. The number of hydrogen-bond donors (Lipinski definition) is 4. The average Bonchev–Trinajstić information content (AvgIpc) is 3.23. The van der Waals surface area contributed by atoms with E-state index < -0.39 is 49.4 Å². The van der Waals surface area contributed by atoms with E-state index in [4.69, 9.17) is 18.9 Å². The van der Waals surface area contributed by atoms with Gasteiger partial charge in [0.1, 0.15) is 31.0 Å². The van der Waals surface area contributed by atoms with E-state index in [1.165, 1.54) is 148 Å². The number of carbonyl (C=O) groups is 2. The molecule has 0 aromatic heterocycles. The normalized spacial score (nSPS) is 20.1. The van der Waals surface area contributed by atoms with Crippen LogP contribution in [0.4, 0.5) is 0 Å². The Hall–Kier alpha value is -1.82. The first kappa shape index (κ1) is 55.2. The lowest BCUT2D eigenvalue weighted by Gasteiger charge is -2.39. The van der Waals surface area contributed by atoms with Crippen LogP contribution >= 0.6 is 0 Å². The molecule has 0 radical (unpaired) electrons. The molecule has 1 aliphatic heterocycles. The summed E-state index contributed by atoms with van der Waals surface area (Å²) in [6.07, 6.45) is 37.7. The van der Waals surface area contributed by atoms with Crippen LogP contribution in [0.1, 0.15) is 219 Å². The Balaban J connectivity index is 2.29. The minimum Gasteiger partial charge on any atom is -0.462 e. The highest BCUT2D eigenvalue weighted by atomic mass is 16.7. The monoisotopic (exact) mass is 839 g/mol. The van der Waals surface area contributed by atoms with Crippen LogP contribution in [0.5, 0.6) is 0 Å². The van der Waals surface area contributed by atoms with Gasteiger partial charge in [-0.05, 0) is 51.4 Å². The standard InChI is InChI=1S/C49H90O10/c1-3-5-7-9-11-13-15-17-19-20-21-22-24-25-27-29-31-33-35-37-44(51)56-40-42(41-57-49-48(55)47(54)46(53)43(39-50)59-49)58-45(52)38-36-34-32-30-28-26-23-18-16-14-12-10-8-6-4-2/h17,19,32,34,42-43,46-50,53-55H,3-16,18,20-31,33,35-41H2,1-2H3/b19-17+,34-32+/t42-,43-,46+,47?,48?,49-/m0/s1. The zero-order valence-electron chi connectivity index (χ0n) is 37.8. The Morgan fingerprint density at radius 3 is 1.39 bits per heavy atom. The lowest BCUT2D eigenvalue weighted by Crippen LogP contribution is -2.59. The predicted octanol–water partition coefficient (Wildman–Crippen LogP) is 10.9. The molecular formula is C49H90O10. The Bertz CT molecular complexity index is 1020. The first-order chi connectivity index (χ1) is 28.8. The fourth-order valence-electron chi connectivity index (χ4n) is 7.44. The van der Waals surface area contributed by atoms with Crippen molar-refractivity contribution < 1.29 is 49.0 Å². The number of rotatable bonds is 41. The van der Waals surface area contributed by atoms with Crippen molar-refractivity contribution in [3.8, 4) is 0 Å². The molecule has 1 heterocycles. The van der Waals surface area contributed by atoms with Crippen molar-refractivity contribution in [2.75, 3.05) is 19.8 Å². The van der Waals surface area contributed by atoms with Gasteiger partial charge in [-0.1, -0.05) is 179 Å². The molecule has 1 fully saturated rings.